The predicted molar refractivity (Wildman–Crippen MR) is 153 cm³/mol. The van der Waals surface area contributed by atoms with Crippen molar-refractivity contribution in [1.29, 1.82) is 0 Å². The van der Waals surface area contributed by atoms with Gasteiger partial charge in [0.1, 0.15) is 11.5 Å². The van der Waals surface area contributed by atoms with E-state index in [0.29, 0.717) is 38.0 Å². The lowest BCUT2D eigenvalue weighted by atomic mass is 10.1. The van der Waals surface area contributed by atoms with Gasteiger partial charge in [-0.05, 0) is 84.5 Å². The number of halogens is 3. The molecule has 0 aliphatic heterocycles. The Bertz CT molecular complexity index is 1550. The van der Waals surface area contributed by atoms with Crippen LogP contribution in [0, 0.1) is 5.82 Å². The molecule has 4 rings (SSSR count). The molecule has 8 heteroatoms. The van der Waals surface area contributed by atoms with Crippen molar-refractivity contribution in [3.05, 3.63) is 147 Å². The van der Waals surface area contributed by atoms with Gasteiger partial charge in [-0.25, -0.2) is 4.39 Å². The Morgan fingerprint density at radius 1 is 0.718 bits per heavy atom. The van der Waals surface area contributed by atoms with Crippen LogP contribution in [0.1, 0.15) is 31.8 Å². The second-order valence-corrected chi connectivity index (χ2v) is 9.11. The number of hydrogen-bond donors (Lipinski definition) is 2. The van der Waals surface area contributed by atoms with E-state index in [2.05, 4.69) is 10.6 Å². The molecule has 0 saturated heterocycles. The minimum Gasteiger partial charge on any atom is -0.321 e. The predicted octanol–water partition coefficient (Wildman–Crippen LogP) is 7.44. The van der Waals surface area contributed by atoms with Crippen LogP contribution in [-0.4, -0.2) is 17.6 Å². The first-order chi connectivity index (χ1) is 18.8. The Morgan fingerprint density at radius 2 is 1.36 bits per heavy atom. The van der Waals surface area contributed by atoms with Crippen LogP contribution in [-0.2, 0) is 4.79 Å². The molecule has 194 valence electrons. The quantitative estimate of drug-likeness (QED) is 0.174. The lowest BCUT2D eigenvalue weighted by molar-refractivity contribution is -0.113. The number of allylic oxidation sites excluding steroid dienone is 1. The number of hydrogen-bond acceptors (Lipinski definition) is 3. The highest BCUT2D eigenvalue weighted by molar-refractivity contribution is 6.37. The van der Waals surface area contributed by atoms with Crippen molar-refractivity contribution >= 4 is 58.6 Å². The number of amides is 2. The van der Waals surface area contributed by atoms with Crippen LogP contribution >= 0.6 is 23.2 Å². The van der Waals surface area contributed by atoms with Crippen LogP contribution in [0.2, 0.25) is 10.0 Å². The van der Waals surface area contributed by atoms with Crippen LogP contribution < -0.4 is 10.6 Å². The third kappa shape index (κ3) is 7.51. The maximum Gasteiger partial charge on any atom is 0.272 e. The summed E-state index contributed by atoms with van der Waals surface area (Å²) < 4.78 is 13.4. The van der Waals surface area contributed by atoms with Crippen molar-refractivity contribution in [3.8, 4) is 0 Å². The van der Waals surface area contributed by atoms with Crippen molar-refractivity contribution in [2.75, 3.05) is 5.32 Å². The Morgan fingerprint density at radius 3 is 2.00 bits per heavy atom. The zero-order valence-corrected chi connectivity index (χ0v) is 21.8. The number of carbonyl (C=O) groups is 3. The average molecular weight is 559 g/mol. The highest BCUT2D eigenvalue weighted by atomic mass is 35.5. The van der Waals surface area contributed by atoms with Crippen LogP contribution in [0.4, 0.5) is 10.1 Å². The summed E-state index contributed by atoms with van der Waals surface area (Å²) in [4.78, 5) is 38.5. The molecule has 0 saturated carbocycles. The van der Waals surface area contributed by atoms with Crippen molar-refractivity contribution in [2.24, 2.45) is 0 Å². The molecule has 0 aliphatic carbocycles. The molecule has 4 aromatic carbocycles. The van der Waals surface area contributed by atoms with E-state index in [4.69, 9.17) is 23.2 Å². The zero-order valence-electron chi connectivity index (χ0n) is 20.3. The van der Waals surface area contributed by atoms with E-state index in [0.717, 1.165) is 0 Å². The topological polar surface area (TPSA) is 75.3 Å². The van der Waals surface area contributed by atoms with Gasteiger partial charge >= 0.3 is 0 Å². The molecular formula is C31H21Cl2FN2O3. The lowest BCUT2D eigenvalue weighted by Gasteiger charge is -2.12. The molecule has 0 spiro atoms. The molecule has 0 unspecified atom stereocenters. The molecule has 39 heavy (non-hydrogen) atoms. The van der Waals surface area contributed by atoms with Crippen molar-refractivity contribution in [1.82, 2.24) is 5.32 Å². The van der Waals surface area contributed by atoms with Gasteiger partial charge in [-0.1, -0.05) is 59.6 Å². The Balaban J connectivity index is 1.50. The van der Waals surface area contributed by atoms with Crippen molar-refractivity contribution in [3.63, 3.8) is 0 Å². The summed E-state index contributed by atoms with van der Waals surface area (Å²) in [5.74, 6) is -1.79. The first-order valence-electron chi connectivity index (χ1n) is 11.7. The largest absolute Gasteiger partial charge is 0.321 e. The number of nitrogens with one attached hydrogen (secondary N) is 2. The van der Waals surface area contributed by atoms with Gasteiger partial charge in [-0.2, -0.15) is 0 Å². The standard InChI is InChI=1S/C31H21Cl2FN2O3/c32-26-7-4-8-27(33)25(26)17-18-29(37)21-11-15-24(16-12-21)35-31(39)28(19-20-9-13-23(34)14-10-20)36-30(38)22-5-2-1-3-6-22/h1-19H,(H,35,39)(H,36,38)/b18-17+,28-19-. The van der Waals surface area contributed by atoms with E-state index in [-0.39, 0.29) is 11.5 Å². The number of ketones is 1. The molecule has 2 N–H and O–H groups in total. The van der Waals surface area contributed by atoms with Crippen molar-refractivity contribution in [2.45, 2.75) is 0 Å². The molecule has 2 amide bonds. The minimum absolute atomic E-state index is 0.0461. The maximum absolute atomic E-state index is 13.4. The average Bonchev–Trinajstić information content (AvgIpc) is 2.94. The van der Waals surface area contributed by atoms with Gasteiger partial charge in [0.05, 0.1) is 0 Å². The lowest BCUT2D eigenvalue weighted by Crippen LogP contribution is -2.30. The summed E-state index contributed by atoms with van der Waals surface area (Å²) in [6.07, 6.45) is 4.35. The number of benzene rings is 4. The van der Waals surface area contributed by atoms with Gasteiger partial charge in [-0.3, -0.25) is 14.4 Å². The van der Waals surface area contributed by atoms with Gasteiger partial charge in [0.15, 0.2) is 5.78 Å². The number of carbonyl (C=O) groups excluding carboxylic acids is 3. The Labute approximate surface area is 234 Å². The van der Waals surface area contributed by atoms with Gasteiger partial charge in [-0.15, -0.1) is 0 Å². The summed E-state index contributed by atoms with van der Waals surface area (Å²) in [5.41, 5.74) is 2.15. The number of rotatable bonds is 8. The summed E-state index contributed by atoms with van der Waals surface area (Å²) in [7, 11) is 0. The molecule has 0 fully saturated rings. The van der Waals surface area contributed by atoms with E-state index in [9.17, 15) is 18.8 Å². The van der Waals surface area contributed by atoms with E-state index in [1.807, 2.05) is 0 Å². The van der Waals surface area contributed by atoms with Gasteiger partial charge in [0, 0.05) is 32.4 Å². The number of anilines is 1. The van der Waals surface area contributed by atoms with Gasteiger partial charge < -0.3 is 10.6 Å². The molecule has 4 aromatic rings. The summed E-state index contributed by atoms with van der Waals surface area (Å²) in [6.45, 7) is 0. The summed E-state index contributed by atoms with van der Waals surface area (Å²) >= 11 is 12.3. The molecule has 0 atom stereocenters. The second kappa shape index (κ2) is 12.8. The Kier molecular flexibility index (Phi) is 9.05. The fourth-order valence-corrected chi connectivity index (χ4v) is 4.03. The maximum atomic E-state index is 13.4. The molecule has 0 bridgehead atoms. The first kappa shape index (κ1) is 27.5. The highest BCUT2D eigenvalue weighted by Crippen LogP contribution is 2.25. The molecule has 5 nitrogen and oxygen atoms in total. The van der Waals surface area contributed by atoms with Gasteiger partial charge in [0.25, 0.3) is 11.8 Å². The molecule has 0 aliphatic rings. The van der Waals surface area contributed by atoms with E-state index >= 15 is 0 Å². The highest BCUT2D eigenvalue weighted by Gasteiger charge is 2.15. The van der Waals surface area contributed by atoms with Crippen molar-refractivity contribution < 1.29 is 18.8 Å². The molecule has 0 heterocycles. The second-order valence-electron chi connectivity index (χ2n) is 8.29. The fourth-order valence-electron chi connectivity index (χ4n) is 3.51. The van der Waals surface area contributed by atoms with E-state index in [1.165, 1.54) is 36.4 Å². The smallest absolute Gasteiger partial charge is 0.272 e. The monoisotopic (exact) mass is 558 g/mol. The van der Waals surface area contributed by atoms with Crippen LogP contribution in [0.3, 0.4) is 0 Å². The molecule has 0 radical (unpaired) electrons. The third-order valence-electron chi connectivity index (χ3n) is 5.54. The van der Waals surface area contributed by atoms with Crippen LogP contribution in [0.5, 0.6) is 0 Å². The fraction of sp³-hybridized carbons (Fsp3) is 0. The van der Waals surface area contributed by atoms with E-state index in [1.54, 1.807) is 78.9 Å². The molecule has 0 aromatic heterocycles. The first-order valence-corrected chi connectivity index (χ1v) is 12.5. The molecular weight excluding hydrogens is 538 g/mol. The normalized spacial score (nSPS) is 11.3. The van der Waals surface area contributed by atoms with Gasteiger partial charge in [0.2, 0.25) is 0 Å². The van der Waals surface area contributed by atoms with Crippen LogP contribution in [0.15, 0.2) is 109 Å². The van der Waals surface area contributed by atoms with E-state index < -0.39 is 17.6 Å². The zero-order chi connectivity index (χ0) is 27.8. The minimum atomic E-state index is -0.601. The van der Waals surface area contributed by atoms with Crippen LogP contribution in [0.25, 0.3) is 12.2 Å². The summed E-state index contributed by atoms with van der Waals surface area (Å²) in [5, 5.41) is 6.18. The Hall–Kier alpha value is -4.52. The summed E-state index contributed by atoms with van der Waals surface area (Å²) in [6, 6.07) is 25.2. The SMILES string of the molecule is O=C(Nc1ccc(C(=O)/C=C/c2c(Cl)cccc2Cl)cc1)/C(=C/c1ccc(F)cc1)NC(=O)c1ccccc1. The third-order valence-corrected chi connectivity index (χ3v) is 6.20.